The maximum absolute atomic E-state index is 12.2. The van der Waals surface area contributed by atoms with Gasteiger partial charge in [-0.3, -0.25) is 14.2 Å². The third kappa shape index (κ3) is 4.28. The SMILES string of the molecule is CCn1c(=O)sc2cc(NC(=O)CSCc3ccc(OC)cc3)ccc21. The summed E-state index contributed by atoms with van der Waals surface area (Å²) in [5.41, 5.74) is 2.78. The van der Waals surface area contributed by atoms with Crippen LogP contribution in [0.2, 0.25) is 0 Å². The largest absolute Gasteiger partial charge is 0.497 e. The van der Waals surface area contributed by atoms with Crippen molar-refractivity contribution in [2.75, 3.05) is 18.2 Å². The Hall–Kier alpha value is -2.25. The lowest BCUT2D eigenvalue weighted by Gasteiger charge is -2.06. The van der Waals surface area contributed by atoms with E-state index in [0.29, 0.717) is 12.3 Å². The Morgan fingerprint density at radius 2 is 2.00 bits per heavy atom. The number of rotatable bonds is 7. The number of ether oxygens (including phenoxy) is 1. The molecule has 0 saturated heterocycles. The molecule has 0 unspecified atom stereocenters. The van der Waals surface area contributed by atoms with Gasteiger partial charge in [0.2, 0.25) is 5.91 Å². The molecule has 3 aromatic rings. The number of carbonyl (C=O) groups excluding carboxylic acids is 1. The zero-order chi connectivity index (χ0) is 18.5. The highest BCUT2D eigenvalue weighted by Crippen LogP contribution is 2.22. The predicted octanol–water partition coefficient (Wildman–Crippen LogP) is 3.96. The summed E-state index contributed by atoms with van der Waals surface area (Å²) in [4.78, 5) is 24.1. The van der Waals surface area contributed by atoms with E-state index in [2.05, 4.69) is 5.32 Å². The number of benzene rings is 2. The number of anilines is 1. The molecular weight excluding hydrogens is 368 g/mol. The molecule has 0 bridgehead atoms. The summed E-state index contributed by atoms with van der Waals surface area (Å²) in [6.07, 6.45) is 0. The van der Waals surface area contributed by atoms with E-state index in [1.807, 2.05) is 49.4 Å². The summed E-state index contributed by atoms with van der Waals surface area (Å²) >= 11 is 2.76. The van der Waals surface area contributed by atoms with Crippen LogP contribution in [0.3, 0.4) is 0 Å². The molecule has 1 heterocycles. The van der Waals surface area contributed by atoms with Crippen LogP contribution >= 0.6 is 23.1 Å². The lowest BCUT2D eigenvalue weighted by molar-refractivity contribution is -0.113. The Balaban J connectivity index is 1.55. The van der Waals surface area contributed by atoms with Gasteiger partial charge in [0.15, 0.2) is 0 Å². The molecule has 0 atom stereocenters. The highest BCUT2D eigenvalue weighted by molar-refractivity contribution is 7.99. The van der Waals surface area contributed by atoms with E-state index in [-0.39, 0.29) is 10.8 Å². The number of amides is 1. The number of thioether (sulfide) groups is 1. The van der Waals surface area contributed by atoms with Gasteiger partial charge >= 0.3 is 4.87 Å². The molecule has 26 heavy (non-hydrogen) atoms. The fourth-order valence-electron chi connectivity index (χ4n) is 2.62. The van der Waals surface area contributed by atoms with Crippen molar-refractivity contribution in [2.24, 2.45) is 0 Å². The Morgan fingerprint density at radius 3 is 2.69 bits per heavy atom. The monoisotopic (exact) mass is 388 g/mol. The number of methoxy groups -OCH3 is 1. The zero-order valence-corrected chi connectivity index (χ0v) is 16.3. The Bertz CT molecular complexity index is 961. The van der Waals surface area contributed by atoms with E-state index < -0.39 is 0 Å². The molecule has 0 fully saturated rings. The molecule has 5 nitrogen and oxygen atoms in total. The summed E-state index contributed by atoms with van der Waals surface area (Å²) in [5, 5.41) is 2.90. The molecule has 2 aromatic carbocycles. The van der Waals surface area contributed by atoms with Crippen LogP contribution in [0.5, 0.6) is 5.75 Å². The number of thiazole rings is 1. The van der Waals surface area contributed by atoms with Crippen LogP contribution in [-0.4, -0.2) is 23.3 Å². The number of nitrogens with zero attached hydrogens (tertiary/aromatic N) is 1. The zero-order valence-electron chi connectivity index (χ0n) is 14.7. The van der Waals surface area contributed by atoms with E-state index in [1.165, 1.54) is 11.3 Å². The van der Waals surface area contributed by atoms with Crippen molar-refractivity contribution in [1.29, 1.82) is 0 Å². The number of hydrogen-bond donors (Lipinski definition) is 1. The summed E-state index contributed by atoms with van der Waals surface area (Å²) in [6, 6.07) is 13.4. The highest BCUT2D eigenvalue weighted by Gasteiger charge is 2.08. The average molecular weight is 389 g/mol. The molecule has 1 N–H and O–H groups in total. The van der Waals surface area contributed by atoms with Crippen molar-refractivity contribution in [1.82, 2.24) is 4.57 Å². The van der Waals surface area contributed by atoms with Gasteiger partial charge in [-0.2, -0.15) is 0 Å². The Labute approximate surface area is 160 Å². The third-order valence-electron chi connectivity index (χ3n) is 3.93. The van der Waals surface area contributed by atoms with Gasteiger partial charge in [-0.05, 0) is 42.8 Å². The molecule has 0 radical (unpaired) electrons. The van der Waals surface area contributed by atoms with E-state index in [1.54, 1.807) is 23.4 Å². The average Bonchev–Trinajstić information content (AvgIpc) is 2.96. The van der Waals surface area contributed by atoms with Gasteiger partial charge < -0.3 is 10.1 Å². The minimum atomic E-state index is -0.0508. The first kappa shape index (κ1) is 18.5. The lowest BCUT2D eigenvalue weighted by Crippen LogP contribution is -2.14. The molecule has 1 aromatic heterocycles. The summed E-state index contributed by atoms with van der Waals surface area (Å²) in [5.74, 6) is 1.91. The molecule has 0 spiro atoms. The summed E-state index contributed by atoms with van der Waals surface area (Å²) in [7, 11) is 1.64. The van der Waals surface area contributed by atoms with Gasteiger partial charge in [0.05, 0.1) is 23.1 Å². The second kappa shape index (κ2) is 8.42. The van der Waals surface area contributed by atoms with Crippen molar-refractivity contribution in [3.8, 4) is 5.75 Å². The molecule has 7 heteroatoms. The number of aryl methyl sites for hydroxylation is 1. The number of hydrogen-bond acceptors (Lipinski definition) is 5. The normalized spacial score (nSPS) is 10.8. The molecule has 0 aliphatic carbocycles. The van der Waals surface area contributed by atoms with Crippen molar-refractivity contribution in [2.45, 2.75) is 19.2 Å². The molecule has 136 valence electrons. The van der Waals surface area contributed by atoms with Gasteiger partial charge in [-0.1, -0.05) is 23.5 Å². The molecule has 1 amide bonds. The molecule has 0 saturated carbocycles. The van der Waals surface area contributed by atoms with Crippen molar-refractivity contribution in [3.63, 3.8) is 0 Å². The first-order chi connectivity index (χ1) is 12.6. The fourth-order valence-corrected chi connectivity index (χ4v) is 4.41. The second-order valence-electron chi connectivity index (χ2n) is 5.68. The number of carbonyl (C=O) groups is 1. The molecule has 0 aliphatic rings. The van der Waals surface area contributed by atoms with Crippen LogP contribution in [0.15, 0.2) is 47.3 Å². The van der Waals surface area contributed by atoms with Gasteiger partial charge in [0, 0.05) is 18.0 Å². The van der Waals surface area contributed by atoms with Crippen LogP contribution in [0.1, 0.15) is 12.5 Å². The number of nitrogens with one attached hydrogen (secondary N) is 1. The summed E-state index contributed by atoms with van der Waals surface area (Å²) < 4.78 is 7.76. The van der Waals surface area contributed by atoms with E-state index in [0.717, 1.165) is 33.0 Å². The lowest BCUT2D eigenvalue weighted by atomic mass is 10.2. The molecular formula is C19H20N2O3S2. The van der Waals surface area contributed by atoms with Crippen LogP contribution in [-0.2, 0) is 17.1 Å². The van der Waals surface area contributed by atoms with Crippen molar-refractivity contribution >= 4 is 44.9 Å². The van der Waals surface area contributed by atoms with Gasteiger partial charge in [0.25, 0.3) is 0 Å². The minimum absolute atomic E-state index is 0.0287. The third-order valence-corrected chi connectivity index (χ3v) is 5.87. The van der Waals surface area contributed by atoms with Crippen LogP contribution in [0.4, 0.5) is 5.69 Å². The first-order valence-corrected chi connectivity index (χ1v) is 10.2. The van der Waals surface area contributed by atoms with E-state index >= 15 is 0 Å². The van der Waals surface area contributed by atoms with Gasteiger partial charge in [-0.15, -0.1) is 11.8 Å². The maximum atomic E-state index is 12.2. The highest BCUT2D eigenvalue weighted by atomic mass is 32.2. The van der Waals surface area contributed by atoms with E-state index in [9.17, 15) is 9.59 Å². The predicted molar refractivity (Wildman–Crippen MR) is 110 cm³/mol. The molecule has 0 aliphatic heterocycles. The van der Waals surface area contributed by atoms with E-state index in [4.69, 9.17) is 4.74 Å². The fraction of sp³-hybridized carbons (Fsp3) is 0.263. The first-order valence-electron chi connectivity index (χ1n) is 8.24. The Morgan fingerprint density at radius 1 is 1.23 bits per heavy atom. The number of fused-ring (bicyclic) bond motifs is 1. The van der Waals surface area contributed by atoms with Crippen LogP contribution < -0.4 is 14.9 Å². The van der Waals surface area contributed by atoms with Gasteiger partial charge in [-0.25, -0.2) is 0 Å². The number of aromatic nitrogens is 1. The second-order valence-corrected chi connectivity index (χ2v) is 7.66. The minimum Gasteiger partial charge on any atom is -0.497 e. The standard InChI is InChI=1S/C19H20N2O3S2/c1-3-21-16-9-6-14(10-17(16)26-19(21)23)20-18(22)12-25-11-13-4-7-15(24-2)8-5-13/h4-10H,3,11-12H2,1-2H3,(H,20,22). The van der Waals surface area contributed by atoms with Crippen molar-refractivity contribution in [3.05, 3.63) is 57.7 Å². The van der Waals surface area contributed by atoms with Crippen LogP contribution in [0.25, 0.3) is 10.2 Å². The summed E-state index contributed by atoms with van der Waals surface area (Å²) in [6.45, 7) is 2.59. The van der Waals surface area contributed by atoms with Gasteiger partial charge in [0.1, 0.15) is 5.75 Å². The van der Waals surface area contributed by atoms with Crippen LogP contribution in [0, 0.1) is 0 Å². The maximum Gasteiger partial charge on any atom is 0.308 e. The van der Waals surface area contributed by atoms with Crippen molar-refractivity contribution < 1.29 is 9.53 Å². The quantitative estimate of drug-likeness (QED) is 0.665. The molecule has 3 rings (SSSR count). The smallest absolute Gasteiger partial charge is 0.308 e. The Kier molecular flexibility index (Phi) is 6.00. The topological polar surface area (TPSA) is 60.3 Å².